The molecule has 0 aliphatic heterocycles. The minimum atomic E-state index is -0.560. The number of nitrogen functional groups attached to an aromatic ring is 1. The molecule has 0 saturated carbocycles. The average molecular weight is 275 g/mol. The third-order valence-corrected chi connectivity index (χ3v) is 2.83. The summed E-state index contributed by atoms with van der Waals surface area (Å²) >= 11 is 0. The lowest BCUT2D eigenvalue weighted by atomic mass is 10.0. The predicted molar refractivity (Wildman–Crippen MR) is 73.8 cm³/mol. The second-order valence-electron chi connectivity index (χ2n) is 4.17. The van der Waals surface area contributed by atoms with Crippen molar-refractivity contribution in [2.24, 2.45) is 0 Å². The lowest BCUT2D eigenvalue weighted by molar-refractivity contribution is 0.103. The SMILES string of the molecule is COc1ccc(OC)c(C(=O)c2cc(N)cc(F)c2)c1. The van der Waals surface area contributed by atoms with Crippen LogP contribution in [0.3, 0.4) is 0 Å². The minimum absolute atomic E-state index is 0.161. The fourth-order valence-corrected chi connectivity index (χ4v) is 1.89. The van der Waals surface area contributed by atoms with Crippen LogP contribution < -0.4 is 15.2 Å². The predicted octanol–water partition coefficient (Wildman–Crippen LogP) is 2.66. The van der Waals surface area contributed by atoms with Gasteiger partial charge in [0.2, 0.25) is 0 Å². The molecule has 5 heteroatoms. The highest BCUT2D eigenvalue weighted by atomic mass is 19.1. The molecule has 4 nitrogen and oxygen atoms in total. The maximum Gasteiger partial charge on any atom is 0.197 e. The third-order valence-electron chi connectivity index (χ3n) is 2.83. The molecule has 0 heterocycles. The highest BCUT2D eigenvalue weighted by Crippen LogP contribution is 2.27. The van der Waals surface area contributed by atoms with Gasteiger partial charge in [0.05, 0.1) is 19.8 Å². The Morgan fingerprint density at radius 3 is 2.45 bits per heavy atom. The zero-order valence-electron chi connectivity index (χ0n) is 11.1. The number of anilines is 1. The largest absolute Gasteiger partial charge is 0.497 e. The molecule has 2 aromatic carbocycles. The minimum Gasteiger partial charge on any atom is -0.497 e. The summed E-state index contributed by atoms with van der Waals surface area (Å²) < 4.78 is 23.6. The molecular formula is C15H14FNO3. The quantitative estimate of drug-likeness (QED) is 0.688. The first-order chi connectivity index (χ1) is 9.55. The Labute approximate surface area is 115 Å². The van der Waals surface area contributed by atoms with E-state index in [0.717, 1.165) is 12.1 Å². The van der Waals surface area contributed by atoms with Crippen molar-refractivity contribution in [3.8, 4) is 11.5 Å². The van der Waals surface area contributed by atoms with E-state index >= 15 is 0 Å². The Hall–Kier alpha value is -2.56. The van der Waals surface area contributed by atoms with Crippen molar-refractivity contribution in [3.05, 3.63) is 53.3 Å². The van der Waals surface area contributed by atoms with Gasteiger partial charge in [-0.25, -0.2) is 4.39 Å². The van der Waals surface area contributed by atoms with Gasteiger partial charge in [0, 0.05) is 11.3 Å². The number of hydrogen-bond acceptors (Lipinski definition) is 4. The molecule has 0 atom stereocenters. The maximum atomic E-state index is 13.3. The Bertz CT molecular complexity index is 635. The monoisotopic (exact) mass is 275 g/mol. The standard InChI is InChI=1S/C15H14FNO3/c1-19-12-3-4-14(20-2)13(8-12)15(18)9-5-10(16)7-11(17)6-9/h3-8H,17H2,1-2H3. The average Bonchev–Trinajstić information content (AvgIpc) is 2.44. The van der Waals surface area contributed by atoms with Gasteiger partial charge in [0.15, 0.2) is 5.78 Å². The lowest BCUT2D eigenvalue weighted by Crippen LogP contribution is -2.06. The van der Waals surface area contributed by atoms with Gasteiger partial charge in [-0.15, -0.1) is 0 Å². The van der Waals surface area contributed by atoms with Crippen molar-refractivity contribution in [2.45, 2.75) is 0 Å². The van der Waals surface area contributed by atoms with Crippen molar-refractivity contribution >= 4 is 11.5 Å². The number of ketones is 1. The highest BCUT2D eigenvalue weighted by Gasteiger charge is 2.16. The fourth-order valence-electron chi connectivity index (χ4n) is 1.89. The van der Waals surface area contributed by atoms with Gasteiger partial charge in [-0.1, -0.05) is 0 Å². The Balaban J connectivity index is 2.51. The number of ether oxygens (including phenoxy) is 2. The van der Waals surface area contributed by atoms with E-state index in [-0.39, 0.29) is 22.6 Å². The lowest BCUT2D eigenvalue weighted by Gasteiger charge is -2.10. The Kier molecular flexibility index (Phi) is 3.89. The Morgan fingerprint density at radius 1 is 1.10 bits per heavy atom. The van der Waals surface area contributed by atoms with Crippen molar-refractivity contribution < 1.29 is 18.7 Å². The van der Waals surface area contributed by atoms with Gasteiger partial charge in [0.1, 0.15) is 17.3 Å². The van der Waals surface area contributed by atoms with Gasteiger partial charge >= 0.3 is 0 Å². The van der Waals surface area contributed by atoms with Gasteiger partial charge in [-0.3, -0.25) is 4.79 Å². The molecule has 20 heavy (non-hydrogen) atoms. The topological polar surface area (TPSA) is 61.5 Å². The first-order valence-corrected chi connectivity index (χ1v) is 5.88. The number of rotatable bonds is 4. The van der Waals surface area contributed by atoms with E-state index in [9.17, 15) is 9.18 Å². The smallest absolute Gasteiger partial charge is 0.197 e. The molecule has 0 bridgehead atoms. The molecule has 0 aromatic heterocycles. The van der Waals surface area contributed by atoms with Crippen LogP contribution in [0.5, 0.6) is 11.5 Å². The molecule has 0 aliphatic carbocycles. The molecule has 0 aliphatic rings. The summed E-state index contributed by atoms with van der Waals surface area (Å²) in [5.41, 5.74) is 6.19. The van der Waals surface area contributed by atoms with Crippen LogP contribution in [-0.4, -0.2) is 20.0 Å². The zero-order valence-corrected chi connectivity index (χ0v) is 11.1. The normalized spacial score (nSPS) is 10.2. The van der Waals surface area contributed by atoms with Crippen LogP contribution in [0.25, 0.3) is 0 Å². The summed E-state index contributed by atoms with van der Waals surface area (Å²) in [6.45, 7) is 0. The number of benzene rings is 2. The van der Waals surface area contributed by atoms with Crippen molar-refractivity contribution in [2.75, 3.05) is 20.0 Å². The molecule has 2 rings (SSSR count). The fraction of sp³-hybridized carbons (Fsp3) is 0.133. The molecule has 2 N–H and O–H groups in total. The second-order valence-corrected chi connectivity index (χ2v) is 4.17. The van der Waals surface area contributed by atoms with E-state index < -0.39 is 5.82 Å². The molecule has 0 unspecified atom stereocenters. The van der Waals surface area contributed by atoms with Crippen LogP contribution in [0.2, 0.25) is 0 Å². The summed E-state index contributed by atoms with van der Waals surface area (Å²) in [4.78, 5) is 12.4. The number of carbonyl (C=O) groups excluding carboxylic acids is 1. The Morgan fingerprint density at radius 2 is 1.85 bits per heavy atom. The molecule has 0 amide bonds. The number of carbonyl (C=O) groups is 1. The molecule has 0 radical (unpaired) electrons. The van der Waals surface area contributed by atoms with E-state index in [0.29, 0.717) is 11.5 Å². The van der Waals surface area contributed by atoms with Crippen LogP contribution in [0.4, 0.5) is 10.1 Å². The number of methoxy groups -OCH3 is 2. The maximum absolute atomic E-state index is 13.3. The molecular weight excluding hydrogens is 261 g/mol. The van der Waals surface area contributed by atoms with Crippen LogP contribution in [0.15, 0.2) is 36.4 Å². The van der Waals surface area contributed by atoms with Crippen molar-refractivity contribution in [1.29, 1.82) is 0 Å². The summed E-state index contributed by atoms with van der Waals surface area (Å²) in [6.07, 6.45) is 0. The number of nitrogens with two attached hydrogens (primary N) is 1. The molecule has 104 valence electrons. The summed E-state index contributed by atoms with van der Waals surface area (Å²) in [7, 11) is 2.95. The zero-order chi connectivity index (χ0) is 14.7. The molecule has 2 aromatic rings. The van der Waals surface area contributed by atoms with Crippen LogP contribution in [-0.2, 0) is 0 Å². The van der Waals surface area contributed by atoms with E-state index in [1.54, 1.807) is 18.2 Å². The van der Waals surface area contributed by atoms with Gasteiger partial charge in [-0.05, 0) is 36.4 Å². The van der Waals surface area contributed by atoms with Crippen LogP contribution in [0.1, 0.15) is 15.9 Å². The van der Waals surface area contributed by atoms with E-state index in [4.69, 9.17) is 15.2 Å². The van der Waals surface area contributed by atoms with E-state index in [1.807, 2.05) is 0 Å². The van der Waals surface area contributed by atoms with Crippen molar-refractivity contribution in [1.82, 2.24) is 0 Å². The van der Waals surface area contributed by atoms with Crippen LogP contribution in [0, 0.1) is 5.82 Å². The molecule has 0 saturated heterocycles. The second kappa shape index (κ2) is 5.61. The van der Waals surface area contributed by atoms with Gasteiger partial charge in [0.25, 0.3) is 0 Å². The summed E-state index contributed by atoms with van der Waals surface area (Å²) in [5, 5.41) is 0. The third kappa shape index (κ3) is 2.71. The number of hydrogen-bond donors (Lipinski definition) is 1. The molecule has 0 fully saturated rings. The molecule has 0 spiro atoms. The van der Waals surface area contributed by atoms with E-state index in [2.05, 4.69) is 0 Å². The van der Waals surface area contributed by atoms with Crippen molar-refractivity contribution in [3.63, 3.8) is 0 Å². The highest BCUT2D eigenvalue weighted by molar-refractivity contribution is 6.11. The summed E-state index contributed by atoms with van der Waals surface area (Å²) in [6, 6.07) is 8.55. The first-order valence-electron chi connectivity index (χ1n) is 5.88. The van der Waals surface area contributed by atoms with E-state index in [1.165, 1.54) is 20.3 Å². The van der Waals surface area contributed by atoms with Gasteiger partial charge < -0.3 is 15.2 Å². The summed E-state index contributed by atoms with van der Waals surface area (Å²) in [5.74, 6) is -0.0423. The van der Waals surface area contributed by atoms with Crippen LogP contribution >= 0.6 is 0 Å². The number of halogens is 1. The van der Waals surface area contributed by atoms with Gasteiger partial charge in [-0.2, -0.15) is 0 Å². The first kappa shape index (κ1) is 13.9.